The number of carbonyl (C=O) groups is 1. The zero-order valence-electron chi connectivity index (χ0n) is 22.3. The first kappa shape index (κ1) is 25.6. The molecule has 4 N–H and O–H groups in total. The molecule has 0 aliphatic rings. The molecule has 0 aliphatic heterocycles. The number of rotatable bonds is 8. The maximum atomic E-state index is 12.5. The molecule has 0 bridgehead atoms. The van der Waals surface area contributed by atoms with E-state index in [9.17, 15) is 4.79 Å². The number of carbonyl (C=O) groups excluding carboxylic acids is 1. The molecule has 0 radical (unpaired) electrons. The highest BCUT2D eigenvalue weighted by molar-refractivity contribution is 5.94. The van der Waals surface area contributed by atoms with Gasteiger partial charge in [0.25, 0.3) is 5.91 Å². The van der Waals surface area contributed by atoms with Gasteiger partial charge in [-0.3, -0.25) is 9.36 Å². The van der Waals surface area contributed by atoms with Gasteiger partial charge in [-0.15, -0.1) is 0 Å². The summed E-state index contributed by atoms with van der Waals surface area (Å²) in [5, 5.41) is 6.32. The minimum atomic E-state index is -0.120. The molecule has 6 aromatic rings. The van der Waals surface area contributed by atoms with Crippen molar-refractivity contribution in [2.24, 2.45) is 0 Å². The van der Waals surface area contributed by atoms with E-state index in [4.69, 9.17) is 20.4 Å². The molecule has 0 fully saturated rings. The SMILES string of the molecule is COc1ccc(Nc2ccc3nc(-c4cccnc4N)n(-c4ccc(CNC(=O)c5ccccc5)cc4)c3n2)cc1. The van der Waals surface area contributed by atoms with Crippen LogP contribution in [0.2, 0.25) is 0 Å². The third kappa shape index (κ3) is 5.41. The summed E-state index contributed by atoms with van der Waals surface area (Å²) in [5.74, 6) is 2.32. The van der Waals surface area contributed by atoms with E-state index in [1.54, 1.807) is 25.4 Å². The molecule has 0 atom stereocenters. The molecule has 0 spiro atoms. The first-order chi connectivity index (χ1) is 20.1. The second-order valence-electron chi connectivity index (χ2n) is 9.31. The Kier molecular flexibility index (Phi) is 6.98. The number of hydrogen-bond donors (Lipinski definition) is 3. The molecule has 0 aliphatic carbocycles. The standard InChI is InChI=1S/C32H27N7O2/c1-41-25-15-11-23(12-16-25)36-28-18-17-27-31(38-28)39(30(37-27)26-8-5-19-34-29(26)33)24-13-9-21(10-14-24)20-35-32(40)22-6-3-2-4-7-22/h2-19H,20H2,1H3,(H2,33,34)(H,35,40)(H,36,38). The summed E-state index contributed by atoms with van der Waals surface area (Å²) in [6.45, 7) is 0.398. The summed E-state index contributed by atoms with van der Waals surface area (Å²) in [6, 6.07) is 32.2. The van der Waals surface area contributed by atoms with Gasteiger partial charge in [0.15, 0.2) is 11.5 Å². The van der Waals surface area contributed by atoms with E-state index in [1.807, 2.05) is 95.6 Å². The Hall–Kier alpha value is -5.70. The molecule has 3 aromatic heterocycles. The molecule has 202 valence electrons. The lowest BCUT2D eigenvalue weighted by Gasteiger charge is -2.12. The van der Waals surface area contributed by atoms with E-state index in [0.29, 0.717) is 46.3 Å². The number of anilines is 3. The topological polar surface area (TPSA) is 120 Å². The molecule has 6 rings (SSSR count). The van der Waals surface area contributed by atoms with Gasteiger partial charge in [-0.2, -0.15) is 0 Å². The third-order valence-corrected chi connectivity index (χ3v) is 6.63. The number of imidazole rings is 1. The molecular formula is C32H27N7O2. The second-order valence-corrected chi connectivity index (χ2v) is 9.31. The van der Waals surface area contributed by atoms with Crippen LogP contribution in [0.4, 0.5) is 17.3 Å². The average Bonchev–Trinajstić information content (AvgIpc) is 3.39. The van der Waals surface area contributed by atoms with Gasteiger partial charge < -0.3 is 21.1 Å². The molecule has 0 saturated heterocycles. The second kappa shape index (κ2) is 11.2. The van der Waals surface area contributed by atoms with Crippen LogP contribution in [0, 0.1) is 0 Å². The number of nitrogens with zero attached hydrogens (tertiary/aromatic N) is 4. The summed E-state index contributed by atoms with van der Waals surface area (Å²) in [5.41, 5.74) is 11.6. The van der Waals surface area contributed by atoms with Gasteiger partial charge in [0.1, 0.15) is 22.9 Å². The first-order valence-corrected chi connectivity index (χ1v) is 13.0. The number of nitrogens with two attached hydrogens (primary N) is 1. The van der Waals surface area contributed by atoms with Crippen molar-refractivity contribution in [2.45, 2.75) is 6.54 Å². The minimum Gasteiger partial charge on any atom is -0.497 e. The molecule has 0 unspecified atom stereocenters. The van der Waals surface area contributed by atoms with E-state index in [2.05, 4.69) is 15.6 Å². The summed E-state index contributed by atoms with van der Waals surface area (Å²) in [6.07, 6.45) is 1.65. The van der Waals surface area contributed by atoms with Crippen molar-refractivity contribution >= 4 is 34.4 Å². The highest BCUT2D eigenvalue weighted by atomic mass is 16.5. The number of ether oxygens (including phenoxy) is 1. The Balaban J connectivity index is 1.35. The Morgan fingerprint density at radius 3 is 2.39 bits per heavy atom. The lowest BCUT2D eigenvalue weighted by atomic mass is 10.1. The van der Waals surface area contributed by atoms with Gasteiger partial charge in [0.05, 0.1) is 12.7 Å². The van der Waals surface area contributed by atoms with Crippen LogP contribution in [0.5, 0.6) is 5.75 Å². The zero-order valence-corrected chi connectivity index (χ0v) is 22.3. The molecule has 9 heteroatoms. The fourth-order valence-electron chi connectivity index (χ4n) is 4.52. The number of nitrogens with one attached hydrogen (secondary N) is 2. The van der Waals surface area contributed by atoms with Gasteiger partial charge in [0.2, 0.25) is 0 Å². The number of nitrogen functional groups attached to an aromatic ring is 1. The van der Waals surface area contributed by atoms with Gasteiger partial charge in [-0.05, 0) is 78.4 Å². The Morgan fingerprint density at radius 2 is 1.66 bits per heavy atom. The molecule has 0 saturated carbocycles. The molecule has 9 nitrogen and oxygen atoms in total. The van der Waals surface area contributed by atoms with Crippen molar-refractivity contribution in [3.8, 4) is 22.8 Å². The molecule has 3 aromatic carbocycles. The van der Waals surface area contributed by atoms with Crippen molar-refractivity contribution in [1.82, 2.24) is 24.8 Å². The molecule has 41 heavy (non-hydrogen) atoms. The van der Waals surface area contributed by atoms with Crippen molar-refractivity contribution in [2.75, 3.05) is 18.2 Å². The van der Waals surface area contributed by atoms with E-state index >= 15 is 0 Å². The van der Waals surface area contributed by atoms with Crippen LogP contribution in [-0.2, 0) is 6.54 Å². The van der Waals surface area contributed by atoms with Crippen LogP contribution in [0.25, 0.3) is 28.2 Å². The monoisotopic (exact) mass is 541 g/mol. The van der Waals surface area contributed by atoms with Gasteiger partial charge in [-0.25, -0.2) is 15.0 Å². The molecular weight excluding hydrogens is 514 g/mol. The first-order valence-electron chi connectivity index (χ1n) is 13.0. The van der Waals surface area contributed by atoms with Crippen molar-refractivity contribution < 1.29 is 9.53 Å². The van der Waals surface area contributed by atoms with E-state index < -0.39 is 0 Å². The quantitative estimate of drug-likeness (QED) is 0.225. The van der Waals surface area contributed by atoms with Crippen molar-refractivity contribution in [3.05, 3.63) is 120 Å². The van der Waals surface area contributed by atoms with Crippen LogP contribution in [0.3, 0.4) is 0 Å². The summed E-state index contributed by atoms with van der Waals surface area (Å²) < 4.78 is 7.23. The highest BCUT2D eigenvalue weighted by Crippen LogP contribution is 2.31. The number of aromatic nitrogens is 4. The fraction of sp³-hybridized carbons (Fsp3) is 0.0625. The Morgan fingerprint density at radius 1 is 0.878 bits per heavy atom. The van der Waals surface area contributed by atoms with Crippen molar-refractivity contribution in [3.63, 3.8) is 0 Å². The normalized spacial score (nSPS) is 10.9. The van der Waals surface area contributed by atoms with Crippen molar-refractivity contribution in [1.29, 1.82) is 0 Å². The Bertz CT molecular complexity index is 1820. The van der Waals surface area contributed by atoms with Crippen LogP contribution >= 0.6 is 0 Å². The maximum Gasteiger partial charge on any atom is 0.251 e. The summed E-state index contributed by atoms with van der Waals surface area (Å²) in [4.78, 5) is 26.6. The smallest absolute Gasteiger partial charge is 0.251 e. The van der Waals surface area contributed by atoms with Crippen LogP contribution in [-0.4, -0.2) is 32.5 Å². The van der Waals surface area contributed by atoms with E-state index in [-0.39, 0.29) is 5.91 Å². The fourth-order valence-corrected chi connectivity index (χ4v) is 4.52. The number of hydrogen-bond acceptors (Lipinski definition) is 7. The zero-order chi connectivity index (χ0) is 28.2. The summed E-state index contributed by atoms with van der Waals surface area (Å²) in [7, 11) is 1.64. The average molecular weight is 542 g/mol. The van der Waals surface area contributed by atoms with Crippen LogP contribution < -0.4 is 21.1 Å². The molecule has 3 heterocycles. The number of methoxy groups -OCH3 is 1. The maximum absolute atomic E-state index is 12.5. The number of amides is 1. The number of fused-ring (bicyclic) bond motifs is 1. The third-order valence-electron chi connectivity index (χ3n) is 6.63. The predicted molar refractivity (Wildman–Crippen MR) is 160 cm³/mol. The lowest BCUT2D eigenvalue weighted by molar-refractivity contribution is 0.0951. The largest absolute Gasteiger partial charge is 0.497 e. The molecule has 1 amide bonds. The number of pyridine rings is 2. The van der Waals surface area contributed by atoms with Gasteiger partial charge in [-0.1, -0.05) is 30.3 Å². The lowest BCUT2D eigenvalue weighted by Crippen LogP contribution is -2.22. The van der Waals surface area contributed by atoms with E-state index in [1.165, 1.54) is 0 Å². The number of benzene rings is 3. The van der Waals surface area contributed by atoms with Gasteiger partial charge >= 0.3 is 0 Å². The highest BCUT2D eigenvalue weighted by Gasteiger charge is 2.18. The predicted octanol–water partition coefficient (Wildman–Crippen LogP) is 5.75. The van der Waals surface area contributed by atoms with Crippen LogP contribution in [0.1, 0.15) is 15.9 Å². The van der Waals surface area contributed by atoms with Crippen LogP contribution in [0.15, 0.2) is 109 Å². The minimum absolute atomic E-state index is 0.120. The van der Waals surface area contributed by atoms with E-state index in [0.717, 1.165) is 22.7 Å². The summed E-state index contributed by atoms with van der Waals surface area (Å²) >= 11 is 0. The van der Waals surface area contributed by atoms with Gasteiger partial charge in [0, 0.05) is 29.7 Å². The Labute approximate surface area is 236 Å².